The van der Waals surface area contributed by atoms with E-state index in [9.17, 15) is 14.9 Å². The molecule has 0 fully saturated rings. The maximum atomic E-state index is 11.2. The van der Waals surface area contributed by atoms with Crippen LogP contribution < -0.4 is 5.46 Å². The molecule has 0 aliphatic rings. The van der Waals surface area contributed by atoms with E-state index in [0.717, 1.165) is 7.11 Å². The fourth-order valence-electron chi connectivity index (χ4n) is 1.03. The van der Waals surface area contributed by atoms with E-state index in [0.29, 0.717) is 0 Å². The summed E-state index contributed by atoms with van der Waals surface area (Å²) in [7, 11) is 6.57. The first kappa shape index (κ1) is 10.2. The van der Waals surface area contributed by atoms with Crippen LogP contribution in [0.1, 0.15) is 10.4 Å². The van der Waals surface area contributed by atoms with Gasteiger partial charge in [0, 0.05) is 6.07 Å². The summed E-state index contributed by atoms with van der Waals surface area (Å²) in [4.78, 5) is 21.0. The highest BCUT2D eigenvalue weighted by molar-refractivity contribution is 6.36. The number of hydrogen-bond donors (Lipinski definition) is 0. The summed E-state index contributed by atoms with van der Waals surface area (Å²) in [5.41, 5.74) is -0.525. The van der Waals surface area contributed by atoms with Crippen molar-refractivity contribution in [2.75, 3.05) is 7.11 Å². The summed E-state index contributed by atoms with van der Waals surface area (Å²) < 4.78 is 4.38. The van der Waals surface area contributed by atoms with Gasteiger partial charge in [-0.05, 0) is 0 Å². The molecule has 0 unspecified atom stereocenters. The molecule has 0 atom stereocenters. The van der Waals surface area contributed by atoms with Crippen LogP contribution in [0.25, 0.3) is 0 Å². The van der Waals surface area contributed by atoms with E-state index in [2.05, 4.69) is 4.74 Å². The lowest BCUT2D eigenvalue weighted by atomic mass is 9.89. The van der Waals surface area contributed by atoms with Gasteiger partial charge in [0.25, 0.3) is 5.69 Å². The summed E-state index contributed by atoms with van der Waals surface area (Å²) >= 11 is 0. The van der Waals surface area contributed by atoms with Crippen molar-refractivity contribution in [1.29, 1.82) is 0 Å². The van der Waals surface area contributed by atoms with Crippen molar-refractivity contribution >= 4 is 25.0 Å². The monoisotopic (exact) mass is 191 g/mol. The smallest absolute Gasteiger partial charge is 0.344 e. The Bertz CT molecular complexity index is 391. The number of methoxy groups -OCH3 is 1. The highest BCUT2D eigenvalue weighted by Gasteiger charge is 2.21. The van der Waals surface area contributed by atoms with E-state index in [1.165, 1.54) is 18.2 Å². The molecule has 14 heavy (non-hydrogen) atoms. The number of nitro benzene ring substituents is 1. The Hall–Kier alpha value is -1.85. The van der Waals surface area contributed by atoms with Gasteiger partial charge in [-0.15, -0.1) is 0 Å². The average Bonchev–Trinajstić information content (AvgIpc) is 2.16. The number of nitrogens with zero attached hydrogens (tertiary/aromatic N) is 1. The number of carbonyl (C=O) groups is 1. The molecule has 0 bridgehead atoms. The molecule has 0 saturated carbocycles. The lowest BCUT2D eigenvalue weighted by Crippen LogP contribution is -2.19. The van der Waals surface area contributed by atoms with Gasteiger partial charge in [0.05, 0.1) is 12.0 Å². The zero-order valence-electron chi connectivity index (χ0n) is 7.39. The molecule has 6 heteroatoms. The van der Waals surface area contributed by atoms with E-state index in [4.69, 9.17) is 7.85 Å². The Morgan fingerprint density at radius 1 is 1.57 bits per heavy atom. The summed E-state index contributed by atoms with van der Waals surface area (Å²) in [6, 6.07) is 4.00. The highest BCUT2D eigenvalue weighted by Crippen LogP contribution is 2.16. The normalized spacial score (nSPS) is 9.50. The second-order valence-electron chi connectivity index (χ2n) is 2.49. The molecule has 0 heterocycles. The molecule has 0 aliphatic carbocycles. The van der Waals surface area contributed by atoms with Gasteiger partial charge in [-0.1, -0.05) is 17.6 Å². The van der Waals surface area contributed by atoms with Gasteiger partial charge in [0.1, 0.15) is 13.4 Å². The first-order valence-electron chi connectivity index (χ1n) is 3.69. The van der Waals surface area contributed by atoms with Crippen LogP contribution in [0, 0.1) is 10.1 Å². The molecular weight excluding hydrogens is 185 g/mol. The number of carbonyl (C=O) groups excluding carboxylic acids is 1. The molecule has 0 aliphatic heterocycles. The van der Waals surface area contributed by atoms with Gasteiger partial charge in [0.15, 0.2) is 0 Å². The van der Waals surface area contributed by atoms with Crippen LogP contribution in [0.5, 0.6) is 0 Å². The predicted molar refractivity (Wildman–Crippen MR) is 49.8 cm³/mol. The van der Waals surface area contributed by atoms with Crippen molar-refractivity contribution in [3.8, 4) is 0 Å². The highest BCUT2D eigenvalue weighted by atomic mass is 16.6. The number of ether oxygens (including phenoxy) is 1. The SMILES string of the molecule is [B]c1cccc([N+](=O)[O-])c1C(=O)OC. The number of hydrogen-bond acceptors (Lipinski definition) is 4. The minimum absolute atomic E-state index is 0.0334. The first-order valence-corrected chi connectivity index (χ1v) is 3.69. The van der Waals surface area contributed by atoms with Gasteiger partial charge >= 0.3 is 5.97 Å². The van der Waals surface area contributed by atoms with E-state index in [1.54, 1.807) is 0 Å². The molecule has 0 amide bonds. The largest absolute Gasteiger partial charge is 0.465 e. The van der Waals surface area contributed by atoms with Crippen molar-refractivity contribution in [2.24, 2.45) is 0 Å². The lowest BCUT2D eigenvalue weighted by Gasteiger charge is -2.03. The van der Waals surface area contributed by atoms with E-state index in [1.807, 2.05) is 0 Å². The van der Waals surface area contributed by atoms with Gasteiger partial charge < -0.3 is 4.74 Å². The van der Waals surface area contributed by atoms with E-state index < -0.39 is 10.9 Å². The third-order valence-corrected chi connectivity index (χ3v) is 1.66. The third kappa shape index (κ3) is 1.73. The molecular formula is C8H6BNO4. The molecule has 70 valence electrons. The molecule has 0 spiro atoms. The Morgan fingerprint density at radius 3 is 2.71 bits per heavy atom. The van der Waals surface area contributed by atoms with Crippen LogP contribution in [0.15, 0.2) is 18.2 Å². The maximum Gasteiger partial charge on any atom is 0.344 e. The number of rotatable bonds is 2. The van der Waals surface area contributed by atoms with E-state index in [-0.39, 0.29) is 16.7 Å². The summed E-state index contributed by atoms with van der Waals surface area (Å²) in [5, 5.41) is 10.5. The van der Waals surface area contributed by atoms with Crippen LogP contribution in [0.3, 0.4) is 0 Å². The number of esters is 1. The maximum absolute atomic E-state index is 11.2. The molecule has 1 aromatic rings. The summed E-state index contributed by atoms with van der Waals surface area (Å²) in [6.45, 7) is 0. The minimum Gasteiger partial charge on any atom is -0.465 e. The topological polar surface area (TPSA) is 69.4 Å². The van der Waals surface area contributed by atoms with Crippen molar-refractivity contribution in [1.82, 2.24) is 0 Å². The Morgan fingerprint density at radius 2 is 2.21 bits per heavy atom. The average molecular weight is 191 g/mol. The Kier molecular flexibility index (Phi) is 2.86. The lowest BCUT2D eigenvalue weighted by molar-refractivity contribution is -0.385. The molecule has 0 aromatic heterocycles. The molecule has 1 rings (SSSR count). The van der Waals surface area contributed by atoms with Crippen molar-refractivity contribution in [3.63, 3.8) is 0 Å². The fourth-order valence-corrected chi connectivity index (χ4v) is 1.03. The zero-order valence-corrected chi connectivity index (χ0v) is 7.39. The number of benzene rings is 1. The quantitative estimate of drug-likeness (QED) is 0.289. The van der Waals surface area contributed by atoms with Crippen molar-refractivity contribution in [2.45, 2.75) is 0 Å². The van der Waals surface area contributed by atoms with Gasteiger partial charge in [0.2, 0.25) is 0 Å². The second-order valence-corrected chi connectivity index (χ2v) is 2.49. The number of nitro groups is 1. The van der Waals surface area contributed by atoms with Crippen LogP contribution in [-0.2, 0) is 4.74 Å². The Labute approximate surface area is 81.2 Å². The van der Waals surface area contributed by atoms with Crippen LogP contribution in [-0.4, -0.2) is 25.8 Å². The Balaban J connectivity index is 3.36. The first-order chi connectivity index (χ1) is 6.57. The third-order valence-electron chi connectivity index (χ3n) is 1.66. The van der Waals surface area contributed by atoms with Gasteiger partial charge in [-0.3, -0.25) is 10.1 Å². The second kappa shape index (κ2) is 3.91. The zero-order chi connectivity index (χ0) is 10.7. The van der Waals surface area contributed by atoms with Crippen molar-refractivity contribution < 1.29 is 14.5 Å². The minimum atomic E-state index is -0.810. The van der Waals surface area contributed by atoms with Crippen LogP contribution in [0.2, 0.25) is 0 Å². The molecule has 2 radical (unpaired) electrons. The summed E-state index contributed by atoms with van der Waals surface area (Å²) in [5.74, 6) is -0.810. The predicted octanol–water partition coefficient (Wildman–Crippen LogP) is 0.175. The standard InChI is InChI=1S/C8H6BNO4/c1-14-8(11)7-5(9)3-2-4-6(7)10(12)13/h2-4H,1H3. The van der Waals surface area contributed by atoms with Crippen LogP contribution in [0.4, 0.5) is 5.69 Å². The fraction of sp³-hybridized carbons (Fsp3) is 0.125. The molecule has 0 N–H and O–H groups in total. The molecule has 0 saturated heterocycles. The molecule has 5 nitrogen and oxygen atoms in total. The summed E-state index contributed by atoms with van der Waals surface area (Å²) in [6.07, 6.45) is 0. The van der Waals surface area contributed by atoms with Gasteiger partial charge in [-0.2, -0.15) is 0 Å². The van der Waals surface area contributed by atoms with E-state index >= 15 is 0 Å². The van der Waals surface area contributed by atoms with Crippen molar-refractivity contribution in [3.05, 3.63) is 33.9 Å². The van der Waals surface area contributed by atoms with Gasteiger partial charge in [-0.25, -0.2) is 4.79 Å². The van der Waals surface area contributed by atoms with Crippen LogP contribution >= 0.6 is 0 Å². The molecule has 1 aromatic carbocycles.